The molecule has 1 atom stereocenters. The van der Waals surface area contributed by atoms with Gasteiger partial charge in [-0.3, -0.25) is 0 Å². The smallest absolute Gasteiger partial charge is 0.200 e. The van der Waals surface area contributed by atoms with Gasteiger partial charge in [-0.1, -0.05) is 19.9 Å². The quantitative estimate of drug-likeness (QED) is 0.752. The van der Waals surface area contributed by atoms with E-state index < -0.39 is 17.4 Å². The zero-order valence-electron chi connectivity index (χ0n) is 7.64. The number of hydrogen-bond acceptors (Lipinski definition) is 1. The highest BCUT2D eigenvalue weighted by molar-refractivity contribution is 5.36. The van der Waals surface area contributed by atoms with Crippen molar-refractivity contribution in [2.24, 2.45) is 0 Å². The van der Waals surface area contributed by atoms with Crippen molar-refractivity contribution < 1.29 is 13.9 Å². The molecule has 0 aromatic heterocycles. The topological polar surface area (TPSA) is 20.2 Å². The minimum atomic E-state index is -1.15. The van der Waals surface area contributed by atoms with Crippen molar-refractivity contribution in [2.75, 3.05) is 0 Å². The lowest BCUT2D eigenvalue weighted by molar-refractivity contribution is 0.397. The molecule has 0 spiro atoms. The van der Waals surface area contributed by atoms with E-state index in [1.807, 2.05) is 13.8 Å². The Labute approximate surface area is 76.0 Å². The zero-order chi connectivity index (χ0) is 10.0. The van der Waals surface area contributed by atoms with Gasteiger partial charge in [-0.2, -0.15) is 4.39 Å². The van der Waals surface area contributed by atoms with Gasteiger partial charge in [-0.15, -0.1) is 0 Å². The molecule has 0 unspecified atom stereocenters. The summed E-state index contributed by atoms with van der Waals surface area (Å²) in [7, 11) is 0. The van der Waals surface area contributed by atoms with Crippen LogP contribution in [-0.4, -0.2) is 5.11 Å². The van der Waals surface area contributed by atoms with E-state index in [1.165, 1.54) is 6.07 Å². The van der Waals surface area contributed by atoms with Gasteiger partial charge in [0, 0.05) is 0 Å². The Kier molecular flexibility index (Phi) is 2.86. The van der Waals surface area contributed by atoms with E-state index in [4.69, 9.17) is 0 Å². The SMILES string of the molecule is CC[C@H](C)c1ccc(F)c(F)c1O. The lowest BCUT2D eigenvalue weighted by Crippen LogP contribution is -1.95. The van der Waals surface area contributed by atoms with Crippen LogP contribution in [0.4, 0.5) is 8.78 Å². The third-order valence-electron chi connectivity index (χ3n) is 2.24. The van der Waals surface area contributed by atoms with Crippen molar-refractivity contribution in [1.82, 2.24) is 0 Å². The van der Waals surface area contributed by atoms with Crippen molar-refractivity contribution in [2.45, 2.75) is 26.2 Å². The molecule has 72 valence electrons. The second-order valence-electron chi connectivity index (χ2n) is 3.11. The minimum absolute atomic E-state index is 0.0371. The van der Waals surface area contributed by atoms with Crippen LogP contribution in [0.3, 0.4) is 0 Å². The van der Waals surface area contributed by atoms with Crippen LogP contribution in [0.1, 0.15) is 31.7 Å². The van der Waals surface area contributed by atoms with Crippen molar-refractivity contribution in [3.63, 3.8) is 0 Å². The molecule has 0 radical (unpaired) electrons. The molecule has 1 rings (SSSR count). The number of rotatable bonds is 2. The summed E-state index contributed by atoms with van der Waals surface area (Å²) in [5, 5.41) is 9.26. The molecule has 0 aliphatic rings. The van der Waals surface area contributed by atoms with Crippen LogP contribution >= 0.6 is 0 Å². The number of phenolic OH excluding ortho intramolecular Hbond substituents is 1. The molecule has 0 saturated heterocycles. The highest BCUT2D eigenvalue weighted by Crippen LogP contribution is 2.31. The van der Waals surface area contributed by atoms with E-state index >= 15 is 0 Å². The Morgan fingerprint density at radius 3 is 2.54 bits per heavy atom. The monoisotopic (exact) mass is 186 g/mol. The first kappa shape index (κ1) is 9.96. The Hall–Kier alpha value is -1.12. The van der Waals surface area contributed by atoms with Gasteiger partial charge < -0.3 is 5.11 Å². The normalized spacial score (nSPS) is 12.9. The fourth-order valence-electron chi connectivity index (χ4n) is 1.17. The number of halogens is 2. The second-order valence-corrected chi connectivity index (χ2v) is 3.11. The largest absolute Gasteiger partial charge is 0.505 e. The summed E-state index contributed by atoms with van der Waals surface area (Å²) in [6.45, 7) is 3.78. The molecule has 0 fully saturated rings. The highest BCUT2D eigenvalue weighted by Gasteiger charge is 2.15. The zero-order valence-corrected chi connectivity index (χ0v) is 7.64. The molecule has 3 heteroatoms. The summed E-state index contributed by atoms with van der Waals surface area (Å²) in [4.78, 5) is 0. The third kappa shape index (κ3) is 1.79. The van der Waals surface area contributed by atoms with Crippen LogP contribution in [0.25, 0.3) is 0 Å². The molecule has 1 N–H and O–H groups in total. The molecule has 0 aliphatic heterocycles. The first-order valence-corrected chi connectivity index (χ1v) is 4.24. The lowest BCUT2D eigenvalue weighted by atomic mass is 9.97. The maximum Gasteiger partial charge on any atom is 0.200 e. The number of aromatic hydroxyl groups is 1. The van der Waals surface area contributed by atoms with E-state index in [1.54, 1.807) is 0 Å². The fourth-order valence-corrected chi connectivity index (χ4v) is 1.17. The molecular weight excluding hydrogens is 174 g/mol. The number of benzene rings is 1. The molecule has 1 aromatic rings. The molecule has 0 heterocycles. The van der Waals surface area contributed by atoms with Crippen molar-refractivity contribution >= 4 is 0 Å². The lowest BCUT2D eigenvalue weighted by Gasteiger charge is -2.11. The van der Waals surface area contributed by atoms with Crippen LogP contribution in [0.15, 0.2) is 12.1 Å². The number of phenols is 1. The Bertz CT molecular complexity index is 310. The molecule has 0 saturated carbocycles. The van der Waals surface area contributed by atoms with Crippen LogP contribution in [-0.2, 0) is 0 Å². The summed E-state index contributed by atoms with van der Waals surface area (Å²) in [6, 6.07) is 2.46. The molecule has 0 amide bonds. The minimum Gasteiger partial charge on any atom is -0.505 e. The van der Waals surface area contributed by atoms with Crippen molar-refractivity contribution in [3.8, 4) is 5.75 Å². The molecular formula is C10H12F2O. The van der Waals surface area contributed by atoms with Gasteiger partial charge in [0.1, 0.15) is 0 Å². The molecule has 0 aliphatic carbocycles. The van der Waals surface area contributed by atoms with Gasteiger partial charge in [-0.05, 0) is 24.0 Å². The van der Waals surface area contributed by atoms with Crippen LogP contribution in [0.5, 0.6) is 5.75 Å². The molecule has 13 heavy (non-hydrogen) atoms. The second kappa shape index (κ2) is 3.73. The summed E-state index contributed by atoms with van der Waals surface area (Å²) >= 11 is 0. The van der Waals surface area contributed by atoms with Crippen LogP contribution < -0.4 is 0 Å². The van der Waals surface area contributed by atoms with E-state index in [9.17, 15) is 13.9 Å². The third-order valence-corrected chi connectivity index (χ3v) is 2.24. The van der Waals surface area contributed by atoms with Gasteiger partial charge >= 0.3 is 0 Å². The average molecular weight is 186 g/mol. The molecule has 1 nitrogen and oxygen atoms in total. The first-order valence-electron chi connectivity index (χ1n) is 4.24. The van der Waals surface area contributed by atoms with E-state index in [2.05, 4.69) is 0 Å². The van der Waals surface area contributed by atoms with Gasteiger partial charge in [0.05, 0.1) is 0 Å². The Morgan fingerprint density at radius 1 is 1.38 bits per heavy atom. The summed E-state index contributed by atoms with van der Waals surface area (Å²) < 4.78 is 25.5. The van der Waals surface area contributed by atoms with Gasteiger partial charge in [0.2, 0.25) is 5.82 Å². The fraction of sp³-hybridized carbons (Fsp3) is 0.400. The predicted octanol–water partition coefficient (Wildman–Crippen LogP) is 3.18. The van der Waals surface area contributed by atoms with Crippen molar-refractivity contribution in [1.29, 1.82) is 0 Å². The summed E-state index contributed by atoms with van der Waals surface area (Å²) in [6.07, 6.45) is 0.776. The standard InChI is InChI=1S/C10H12F2O/c1-3-6(2)7-4-5-8(11)9(12)10(7)13/h4-6,13H,3H2,1-2H3/t6-/m0/s1. The van der Waals surface area contributed by atoms with Gasteiger partial charge in [-0.25, -0.2) is 4.39 Å². The maximum atomic E-state index is 12.9. The highest BCUT2D eigenvalue weighted by atomic mass is 19.2. The van der Waals surface area contributed by atoms with E-state index in [-0.39, 0.29) is 5.92 Å². The number of hydrogen-bond donors (Lipinski definition) is 1. The van der Waals surface area contributed by atoms with Crippen LogP contribution in [0.2, 0.25) is 0 Å². The van der Waals surface area contributed by atoms with Crippen LogP contribution in [0, 0.1) is 11.6 Å². The maximum absolute atomic E-state index is 12.9. The van der Waals surface area contributed by atoms with E-state index in [0.29, 0.717) is 5.56 Å². The van der Waals surface area contributed by atoms with Gasteiger partial charge in [0.15, 0.2) is 11.6 Å². The molecule has 1 aromatic carbocycles. The first-order chi connectivity index (χ1) is 6.07. The van der Waals surface area contributed by atoms with Crippen molar-refractivity contribution in [3.05, 3.63) is 29.3 Å². The Balaban J connectivity index is 3.18. The summed E-state index contributed by atoms with van der Waals surface area (Å²) in [5.74, 6) is -2.69. The Morgan fingerprint density at radius 2 is 2.00 bits per heavy atom. The average Bonchev–Trinajstić information content (AvgIpc) is 2.13. The summed E-state index contributed by atoms with van der Waals surface area (Å²) in [5.41, 5.74) is 0.460. The predicted molar refractivity (Wildman–Crippen MR) is 46.7 cm³/mol. The van der Waals surface area contributed by atoms with Gasteiger partial charge in [0.25, 0.3) is 0 Å². The van der Waals surface area contributed by atoms with E-state index in [0.717, 1.165) is 12.5 Å². The molecule has 0 bridgehead atoms.